The van der Waals surface area contributed by atoms with E-state index in [-0.39, 0.29) is 12.3 Å². The smallest absolute Gasteiger partial charge is 0.289 e. The van der Waals surface area contributed by atoms with E-state index in [9.17, 15) is 9.59 Å². The molecule has 0 unspecified atom stereocenters. The molecule has 1 heterocycles. The number of hydrogen-bond acceptors (Lipinski definition) is 5. The summed E-state index contributed by atoms with van der Waals surface area (Å²) in [5.74, 6) is 0.184. The number of furan rings is 1. The van der Waals surface area contributed by atoms with Crippen LogP contribution in [0.3, 0.4) is 0 Å². The van der Waals surface area contributed by atoms with Crippen LogP contribution in [0, 0.1) is 0 Å². The molecule has 2 rings (SSSR count). The standard InChI is InChI=1S/C16H17ClN2O5/c1-19(16(21)12-5-4-6-24-12)9-15(20)18-11-7-10(17)13(22-2)8-14(11)23-3/h4-8H,9H2,1-3H3,(H,18,20). The number of halogens is 1. The zero-order valence-electron chi connectivity index (χ0n) is 13.5. The van der Waals surface area contributed by atoms with Crippen molar-refractivity contribution in [2.24, 2.45) is 0 Å². The van der Waals surface area contributed by atoms with Crippen LogP contribution in [0.15, 0.2) is 34.9 Å². The summed E-state index contributed by atoms with van der Waals surface area (Å²) in [4.78, 5) is 25.5. The molecule has 0 radical (unpaired) electrons. The average Bonchev–Trinajstić information content (AvgIpc) is 3.08. The van der Waals surface area contributed by atoms with Crippen molar-refractivity contribution in [3.8, 4) is 11.5 Å². The van der Waals surface area contributed by atoms with Gasteiger partial charge in [0.1, 0.15) is 11.5 Å². The summed E-state index contributed by atoms with van der Waals surface area (Å²) in [6.07, 6.45) is 1.39. The number of rotatable bonds is 6. The van der Waals surface area contributed by atoms with E-state index in [0.717, 1.165) is 0 Å². The van der Waals surface area contributed by atoms with E-state index in [1.165, 1.54) is 44.6 Å². The summed E-state index contributed by atoms with van der Waals surface area (Å²) in [7, 11) is 4.45. The molecule has 0 aliphatic carbocycles. The summed E-state index contributed by atoms with van der Waals surface area (Å²) >= 11 is 6.06. The number of nitrogens with zero attached hydrogens (tertiary/aromatic N) is 1. The van der Waals surface area contributed by atoms with Crippen molar-refractivity contribution in [2.75, 3.05) is 33.1 Å². The monoisotopic (exact) mass is 352 g/mol. The quantitative estimate of drug-likeness (QED) is 0.864. The van der Waals surface area contributed by atoms with Gasteiger partial charge < -0.3 is 24.1 Å². The van der Waals surface area contributed by atoms with Crippen LogP contribution in [0.4, 0.5) is 5.69 Å². The number of likely N-dealkylation sites (N-methyl/N-ethyl adjacent to an activating group) is 1. The highest BCUT2D eigenvalue weighted by molar-refractivity contribution is 6.32. The van der Waals surface area contributed by atoms with E-state index in [2.05, 4.69) is 5.32 Å². The Balaban J connectivity index is 2.07. The highest BCUT2D eigenvalue weighted by Crippen LogP contribution is 2.35. The molecule has 2 amide bonds. The zero-order valence-corrected chi connectivity index (χ0v) is 14.2. The molecule has 8 heteroatoms. The molecule has 1 N–H and O–H groups in total. The molecule has 7 nitrogen and oxygen atoms in total. The maximum atomic E-state index is 12.2. The summed E-state index contributed by atoms with van der Waals surface area (Å²) < 4.78 is 15.3. The molecule has 128 valence electrons. The average molecular weight is 353 g/mol. The van der Waals surface area contributed by atoms with Gasteiger partial charge in [0, 0.05) is 13.1 Å². The second-order valence-electron chi connectivity index (χ2n) is 4.87. The molecule has 24 heavy (non-hydrogen) atoms. The van der Waals surface area contributed by atoms with Crippen LogP contribution in [0.5, 0.6) is 11.5 Å². The summed E-state index contributed by atoms with van der Waals surface area (Å²) in [5.41, 5.74) is 0.382. The van der Waals surface area contributed by atoms with Crippen LogP contribution in [-0.2, 0) is 4.79 Å². The number of hydrogen-bond donors (Lipinski definition) is 1. The Bertz CT molecular complexity index is 730. The second kappa shape index (κ2) is 7.74. The minimum absolute atomic E-state index is 0.160. The van der Waals surface area contributed by atoms with Gasteiger partial charge in [0.05, 0.1) is 37.7 Å². The van der Waals surface area contributed by atoms with Crippen molar-refractivity contribution in [1.82, 2.24) is 4.90 Å². The molecular formula is C16H17ClN2O5. The lowest BCUT2D eigenvalue weighted by atomic mass is 10.2. The van der Waals surface area contributed by atoms with Gasteiger partial charge in [-0.25, -0.2) is 0 Å². The fourth-order valence-corrected chi connectivity index (χ4v) is 2.26. The summed E-state index contributed by atoms with van der Waals surface area (Å²) in [6, 6.07) is 6.22. The molecule has 0 fully saturated rings. The van der Waals surface area contributed by atoms with Gasteiger partial charge in [0.2, 0.25) is 5.91 Å². The van der Waals surface area contributed by atoms with Gasteiger partial charge in [-0.2, -0.15) is 0 Å². The third-order valence-corrected chi connectivity index (χ3v) is 3.50. The van der Waals surface area contributed by atoms with Crippen molar-refractivity contribution in [2.45, 2.75) is 0 Å². The van der Waals surface area contributed by atoms with Crippen molar-refractivity contribution >= 4 is 29.1 Å². The normalized spacial score (nSPS) is 10.2. The van der Waals surface area contributed by atoms with Gasteiger partial charge in [-0.05, 0) is 18.2 Å². The topological polar surface area (TPSA) is 81.0 Å². The molecule has 0 saturated carbocycles. The Kier molecular flexibility index (Phi) is 5.70. The number of benzene rings is 1. The molecule has 1 aromatic carbocycles. The first-order valence-electron chi connectivity index (χ1n) is 6.96. The molecule has 0 bridgehead atoms. The van der Waals surface area contributed by atoms with E-state index in [4.69, 9.17) is 25.5 Å². The minimum atomic E-state index is -0.406. The molecule has 2 aromatic rings. The highest BCUT2D eigenvalue weighted by Gasteiger charge is 2.18. The van der Waals surface area contributed by atoms with Gasteiger partial charge >= 0.3 is 0 Å². The molecule has 0 aliphatic rings. The van der Waals surface area contributed by atoms with E-state index >= 15 is 0 Å². The molecule has 0 aliphatic heterocycles. The first-order chi connectivity index (χ1) is 11.5. The summed E-state index contributed by atoms with van der Waals surface area (Å²) in [5, 5.41) is 2.98. The number of methoxy groups -OCH3 is 2. The Hall–Kier alpha value is -2.67. The maximum absolute atomic E-state index is 12.2. The number of ether oxygens (including phenoxy) is 2. The lowest BCUT2D eigenvalue weighted by Gasteiger charge is -2.17. The lowest BCUT2D eigenvalue weighted by molar-refractivity contribution is -0.116. The fourth-order valence-electron chi connectivity index (χ4n) is 2.02. The van der Waals surface area contributed by atoms with Crippen molar-refractivity contribution in [3.05, 3.63) is 41.3 Å². The van der Waals surface area contributed by atoms with E-state index in [0.29, 0.717) is 22.2 Å². The van der Waals surface area contributed by atoms with Crippen LogP contribution >= 0.6 is 11.6 Å². The molecule has 0 saturated heterocycles. The Morgan fingerprint density at radius 1 is 1.25 bits per heavy atom. The lowest BCUT2D eigenvalue weighted by Crippen LogP contribution is -2.34. The predicted octanol–water partition coefficient (Wildman–Crippen LogP) is 2.66. The zero-order chi connectivity index (χ0) is 17.7. The third kappa shape index (κ3) is 3.99. The van der Waals surface area contributed by atoms with Gasteiger partial charge in [-0.1, -0.05) is 11.6 Å². The van der Waals surface area contributed by atoms with Gasteiger partial charge in [0.25, 0.3) is 5.91 Å². The Morgan fingerprint density at radius 2 is 1.96 bits per heavy atom. The maximum Gasteiger partial charge on any atom is 0.289 e. The molecule has 0 spiro atoms. The van der Waals surface area contributed by atoms with Crippen LogP contribution in [0.2, 0.25) is 5.02 Å². The molecule has 0 atom stereocenters. The summed E-state index contributed by atoms with van der Waals surface area (Å²) in [6.45, 7) is -0.160. The van der Waals surface area contributed by atoms with Crippen LogP contribution in [0.1, 0.15) is 10.6 Å². The van der Waals surface area contributed by atoms with Crippen LogP contribution in [-0.4, -0.2) is 44.5 Å². The number of anilines is 1. The van der Waals surface area contributed by atoms with Gasteiger partial charge in [0.15, 0.2) is 5.76 Å². The van der Waals surface area contributed by atoms with E-state index in [1.807, 2.05) is 0 Å². The first-order valence-corrected chi connectivity index (χ1v) is 7.34. The first kappa shape index (κ1) is 17.7. The largest absolute Gasteiger partial charge is 0.495 e. The van der Waals surface area contributed by atoms with E-state index < -0.39 is 11.8 Å². The van der Waals surface area contributed by atoms with Gasteiger partial charge in [-0.15, -0.1) is 0 Å². The number of carbonyl (C=O) groups is 2. The number of amides is 2. The SMILES string of the molecule is COc1cc(OC)c(NC(=O)CN(C)C(=O)c2ccco2)cc1Cl. The van der Waals surface area contributed by atoms with Gasteiger partial charge in [-0.3, -0.25) is 9.59 Å². The van der Waals surface area contributed by atoms with Crippen LogP contribution in [0.25, 0.3) is 0 Å². The second-order valence-corrected chi connectivity index (χ2v) is 5.28. The Labute approximate surface area is 144 Å². The molecular weight excluding hydrogens is 336 g/mol. The Morgan fingerprint density at radius 3 is 2.54 bits per heavy atom. The van der Waals surface area contributed by atoms with Crippen molar-refractivity contribution < 1.29 is 23.5 Å². The molecule has 1 aromatic heterocycles. The van der Waals surface area contributed by atoms with Crippen LogP contribution < -0.4 is 14.8 Å². The number of nitrogens with one attached hydrogen (secondary N) is 1. The number of carbonyl (C=O) groups excluding carboxylic acids is 2. The highest BCUT2D eigenvalue weighted by atomic mass is 35.5. The van der Waals surface area contributed by atoms with Crippen molar-refractivity contribution in [3.63, 3.8) is 0 Å². The minimum Gasteiger partial charge on any atom is -0.495 e. The van der Waals surface area contributed by atoms with E-state index in [1.54, 1.807) is 12.1 Å². The fraction of sp³-hybridized carbons (Fsp3) is 0.250. The third-order valence-electron chi connectivity index (χ3n) is 3.21. The predicted molar refractivity (Wildman–Crippen MR) is 88.9 cm³/mol. The van der Waals surface area contributed by atoms with Crippen molar-refractivity contribution in [1.29, 1.82) is 0 Å².